The van der Waals surface area contributed by atoms with E-state index >= 15 is 0 Å². The molecule has 0 aromatic heterocycles. The molecule has 1 fully saturated rings. The first-order valence-corrected chi connectivity index (χ1v) is 5.37. The van der Waals surface area contributed by atoms with Gasteiger partial charge >= 0.3 is 6.18 Å². The lowest BCUT2D eigenvalue weighted by molar-refractivity contribution is -0.0894. The lowest BCUT2D eigenvalue weighted by Gasteiger charge is -2.32. The van der Waals surface area contributed by atoms with Crippen molar-refractivity contribution < 1.29 is 13.2 Å². The van der Waals surface area contributed by atoms with Crippen LogP contribution in [0.4, 0.5) is 13.2 Å². The van der Waals surface area contributed by atoms with Crippen LogP contribution in [0.5, 0.6) is 0 Å². The Morgan fingerprint density at radius 2 is 2.06 bits per heavy atom. The van der Waals surface area contributed by atoms with Crippen molar-refractivity contribution in [2.75, 3.05) is 0 Å². The van der Waals surface area contributed by atoms with Crippen LogP contribution in [0.25, 0.3) is 0 Å². The molecule has 2 bridgehead atoms. The van der Waals surface area contributed by atoms with Gasteiger partial charge in [0, 0.05) is 11.1 Å². The van der Waals surface area contributed by atoms with Crippen molar-refractivity contribution in [3.63, 3.8) is 0 Å². The number of fused-ring (bicyclic) bond motifs is 1. The molecule has 1 nitrogen and oxygen atoms in total. The molecule has 3 aliphatic rings. The highest BCUT2D eigenvalue weighted by Crippen LogP contribution is 2.59. The van der Waals surface area contributed by atoms with E-state index in [0.29, 0.717) is 0 Å². The summed E-state index contributed by atoms with van der Waals surface area (Å²) in [6.07, 6.45) is 3.50. The van der Waals surface area contributed by atoms with E-state index in [2.05, 4.69) is 0 Å². The van der Waals surface area contributed by atoms with Crippen LogP contribution in [0.2, 0.25) is 0 Å². The Balaban J connectivity index is 2.05. The highest BCUT2D eigenvalue weighted by atomic mass is 19.4. The van der Waals surface area contributed by atoms with Gasteiger partial charge in [0.15, 0.2) is 0 Å². The molecule has 86 valence electrons. The molecule has 16 heavy (non-hydrogen) atoms. The van der Waals surface area contributed by atoms with Crippen molar-refractivity contribution in [3.8, 4) is 0 Å². The molecule has 3 atom stereocenters. The maximum absolute atomic E-state index is 12.6. The van der Waals surface area contributed by atoms with Crippen LogP contribution in [0.15, 0.2) is 35.6 Å². The zero-order chi connectivity index (χ0) is 11.6. The summed E-state index contributed by atoms with van der Waals surface area (Å²) < 4.78 is 37.9. The topological polar surface area (TPSA) is 26.0 Å². The summed E-state index contributed by atoms with van der Waals surface area (Å²) in [6.45, 7) is 0. The Hall–Kier alpha value is -1.19. The molecule has 3 unspecified atom stereocenters. The van der Waals surface area contributed by atoms with Gasteiger partial charge in [-0.05, 0) is 24.7 Å². The summed E-state index contributed by atoms with van der Waals surface area (Å²) >= 11 is 0. The number of alkyl halides is 3. The second-order valence-electron chi connectivity index (χ2n) is 4.96. The third-order valence-corrected chi connectivity index (χ3v) is 4.00. The number of rotatable bonds is 0. The molecule has 0 heterocycles. The Labute approximate surface area is 91.5 Å². The van der Waals surface area contributed by atoms with Gasteiger partial charge in [-0.3, -0.25) is 0 Å². The van der Waals surface area contributed by atoms with Crippen molar-refractivity contribution in [2.24, 2.45) is 23.0 Å². The summed E-state index contributed by atoms with van der Waals surface area (Å²) in [4.78, 5) is 0. The normalized spacial score (nSPS) is 40.7. The fraction of sp³-hybridized carbons (Fsp3) is 0.500. The molecule has 4 heteroatoms. The molecule has 0 aromatic carbocycles. The fourth-order valence-electron chi connectivity index (χ4n) is 3.23. The van der Waals surface area contributed by atoms with Crippen LogP contribution in [0.3, 0.4) is 0 Å². The highest BCUT2D eigenvalue weighted by Gasteiger charge is 2.52. The van der Waals surface area contributed by atoms with Crippen LogP contribution in [-0.4, -0.2) is 6.18 Å². The Kier molecular flexibility index (Phi) is 1.71. The molecule has 0 radical (unpaired) electrons. The lowest BCUT2D eigenvalue weighted by Crippen LogP contribution is -2.26. The number of hydrogen-bond donors (Lipinski definition) is 1. The number of nitrogens with two attached hydrogens (primary N) is 1. The summed E-state index contributed by atoms with van der Waals surface area (Å²) in [5.41, 5.74) is 5.59. The average Bonchev–Trinajstić information content (AvgIpc) is 2.66. The summed E-state index contributed by atoms with van der Waals surface area (Å²) in [7, 11) is 0. The number of hydrogen-bond acceptors (Lipinski definition) is 1. The summed E-state index contributed by atoms with van der Waals surface area (Å²) in [6, 6.07) is 0. The van der Waals surface area contributed by atoms with E-state index < -0.39 is 17.2 Å². The predicted molar refractivity (Wildman–Crippen MR) is 54.2 cm³/mol. The maximum atomic E-state index is 12.6. The minimum absolute atomic E-state index is 0.205. The predicted octanol–water partition coefficient (Wildman–Crippen LogP) is 2.91. The monoisotopic (exact) mass is 227 g/mol. The van der Waals surface area contributed by atoms with E-state index in [1.165, 1.54) is 12.2 Å². The van der Waals surface area contributed by atoms with Gasteiger partial charge in [0.2, 0.25) is 0 Å². The lowest BCUT2D eigenvalue weighted by atomic mass is 9.73. The third-order valence-electron chi connectivity index (χ3n) is 4.00. The molecule has 3 aliphatic carbocycles. The van der Waals surface area contributed by atoms with Crippen molar-refractivity contribution in [3.05, 3.63) is 35.6 Å². The molecular weight excluding hydrogens is 215 g/mol. The van der Waals surface area contributed by atoms with Crippen LogP contribution < -0.4 is 5.73 Å². The van der Waals surface area contributed by atoms with E-state index in [9.17, 15) is 13.2 Å². The van der Waals surface area contributed by atoms with Gasteiger partial charge in [-0.15, -0.1) is 0 Å². The average molecular weight is 227 g/mol. The second-order valence-corrected chi connectivity index (χ2v) is 4.96. The first kappa shape index (κ1) is 10.00. The molecule has 0 aromatic rings. The summed E-state index contributed by atoms with van der Waals surface area (Å²) in [5, 5.41) is 0. The van der Waals surface area contributed by atoms with Crippen molar-refractivity contribution in [1.82, 2.24) is 0 Å². The minimum Gasteiger partial charge on any atom is -0.402 e. The zero-order valence-corrected chi connectivity index (χ0v) is 8.59. The first-order valence-electron chi connectivity index (χ1n) is 5.37. The Morgan fingerprint density at radius 3 is 2.69 bits per heavy atom. The zero-order valence-electron chi connectivity index (χ0n) is 8.59. The van der Waals surface area contributed by atoms with Gasteiger partial charge in [0.1, 0.15) is 0 Å². The van der Waals surface area contributed by atoms with Crippen molar-refractivity contribution >= 4 is 0 Å². The van der Waals surface area contributed by atoms with E-state index in [1.54, 1.807) is 6.08 Å². The Bertz CT molecular complexity index is 430. The number of allylic oxidation sites excluding steroid dienone is 6. The molecule has 2 N–H and O–H groups in total. The highest BCUT2D eigenvalue weighted by molar-refractivity contribution is 5.42. The molecule has 0 aliphatic heterocycles. The molecular formula is C12H12F3N. The molecule has 1 saturated carbocycles. The van der Waals surface area contributed by atoms with Crippen molar-refractivity contribution in [2.45, 2.75) is 19.0 Å². The van der Waals surface area contributed by atoms with E-state index in [0.717, 1.165) is 18.5 Å². The van der Waals surface area contributed by atoms with Crippen molar-refractivity contribution in [1.29, 1.82) is 0 Å². The van der Waals surface area contributed by atoms with Gasteiger partial charge in [0.05, 0.1) is 5.57 Å². The van der Waals surface area contributed by atoms with Gasteiger partial charge in [-0.2, -0.15) is 13.2 Å². The van der Waals surface area contributed by atoms with Crippen LogP contribution in [0, 0.1) is 17.3 Å². The standard InChI is InChI=1S/C12H12F3N/c13-12(14,15)9-2-1-8-3-7-4-11(8,5-9)6-10(7)16/h1-2,5-8H,3-4,16H2. The molecule has 1 spiro atoms. The number of halogens is 3. The fourth-order valence-corrected chi connectivity index (χ4v) is 3.23. The van der Waals surface area contributed by atoms with Gasteiger partial charge < -0.3 is 5.73 Å². The van der Waals surface area contributed by atoms with Crippen LogP contribution in [0.1, 0.15) is 12.8 Å². The van der Waals surface area contributed by atoms with Gasteiger partial charge in [0.25, 0.3) is 0 Å². The minimum atomic E-state index is -4.25. The van der Waals surface area contributed by atoms with Crippen LogP contribution >= 0.6 is 0 Å². The van der Waals surface area contributed by atoms with Crippen LogP contribution in [-0.2, 0) is 0 Å². The van der Waals surface area contributed by atoms with E-state index in [-0.39, 0.29) is 11.8 Å². The van der Waals surface area contributed by atoms with E-state index in [1.807, 2.05) is 6.08 Å². The van der Waals surface area contributed by atoms with E-state index in [4.69, 9.17) is 5.73 Å². The first-order chi connectivity index (χ1) is 7.41. The molecule has 0 saturated heterocycles. The molecule has 3 rings (SSSR count). The van der Waals surface area contributed by atoms with Gasteiger partial charge in [-0.25, -0.2) is 0 Å². The Morgan fingerprint density at radius 1 is 1.31 bits per heavy atom. The smallest absolute Gasteiger partial charge is 0.402 e. The largest absolute Gasteiger partial charge is 0.416 e. The summed E-state index contributed by atoms with van der Waals surface area (Å²) in [5.74, 6) is 0.481. The maximum Gasteiger partial charge on any atom is 0.416 e. The van der Waals surface area contributed by atoms with Gasteiger partial charge in [-0.1, -0.05) is 24.3 Å². The SMILES string of the molecule is NC1=CC23C=C(C(F)(F)F)C=CC2CC1C3. The third kappa shape index (κ3) is 1.19. The molecule has 0 amide bonds. The quantitative estimate of drug-likeness (QED) is 0.676. The second kappa shape index (κ2) is 2.73.